The van der Waals surface area contributed by atoms with Gasteiger partial charge in [0.15, 0.2) is 0 Å². The molecule has 0 bridgehead atoms. The van der Waals surface area contributed by atoms with Gasteiger partial charge in [-0.3, -0.25) is 4.79 Å². The van der Waals surface area contributed by atoms with Crippen LogP contribution in [0.2, 0.25) is 0 Å². The van der Waals surface area contributed by atoms with Gasteiger partial charge in [-0.1, -0.05) is 13.3 Å². The predicted molar refractivity (Wildman–Crippen MR) is 27.2 cm³/mol. The van der Waals surface area contributed by atoms with E-state index >= 15 is 0 Å². The van der Waals surface area contributed by atoms with Crippen LogP contribution in [0.3, 0.4) is 0 Å². The van der Waals surface area contributed by atoms with Gasteiger partial charge in [-0.15, -0.1) is 0 Å². The number of hydrogen-bond donors (Lipinski definition) is 1. The second-order valence-corrected chi connectivity index (χ2v) is 1.50. The van der Waals surface area contributed by atoms with E-state index in [1.807, 2.05) is 6.92 Å². The molecular weight excluding hydrogens is 276 g/mol. The maximum absolute atomic E-state index is 9.76. The second-order valence-electron chi connectivity index (χ2n) is 1.50. The fraction of sp³-hybridized carbons (Fsp3) is 0.800. The van der Waals surface area contributed by atoms with Crippen molar-refractivity contribution in [2.45, 2.75) is 26.2 Å². The van der Waals surface area contributed by atoms with Crippen LogP contribution in [0.5, 0.6) is 0 Å². The molecule has 0 aliphatic carbocycles. The summed E-state index contributed by atoms with van der Waals surface area (Å²) in [6.07, 6.45) is 2.08. The minimum atomic E-state index is -0.693. The number of carboxylic acids is 1. The number of aliphatic carboxylic acids is 1. The Morgan fingerprint density at radius 2 is 2.12 bits per heavy atom. The maximum atomic E-state index is 9.76. The molecule has 0 saturated heterocycles. The summed E-state index contributed by atoms with van der Waals surface area (Å²) in [4.78, 5) is 9.76. The fourth-order valence-corrected chi connectivity index (χ4v) is 0.328. The van der Waals surface area contributed by atoms with Crippen molar-refractivity contribution < 1.29 is 31.0 Å². The van der Waals surface area contributed by atoms with E-state index in [4.69, 9.17) is 5.11 Å². The summed E-state index contributed by atoms with van der Waals surface area (Å²) in [6, 6.07) is 0. The van der Waals surface area contributed by atoms with Crippen molar-refractivity contribution in [1.82, 2.24) is 0 Å². The third-order valence-electron chi connectivity index (χ3n) is 0.744. The summed E-state index contributed by atoms with van der Waals surface area (Å²) >= 11 is 0. The average Bonchev–Trinajstić information content (AvgIpc) is 1.61. The molecule has 2 nitrogen and oxygen atoms in total. The monoisotopic (exact) mass is 286 g/mol. The zero-order chi connectivity index (χ0) is 5.70. The molecule has 0 radical (unpaired) electrons. The van der Waals surface area contributed by atoms with Gasteiger partial charge in [0, 0.05) is 27.5 Å². The summed E-state index contributed by atoms with van der Waals surface area (Å²) in [5.74, 6) is -0.693. The standard InChI is InChI=1S/C5H10O2.W/c1-2-3-4-5(6)7;/h2-4H2,1H3,(H,6,7);. The van der Waals surface area contributed by atoms with Crippen molar-refractivity contribution in [2.24, 2.45) is 0 Å². The van der Waals surface area contributed by atoms with E-state index in [0.29, 0.717) is 6.42 Å². The zero-order valence-electron chi connectivity index (χ0n) is 4.89. The molecule has 0 unspecified atom stereocenters. The molecule has 0 aliphatic rings. The number of rotatable bonds is 3. The van der Waals surface area contributed by atoms with Crippen molar-refractivity contribution >= 4 is 5.97 Å². The minimum absolute atomic E-state index is 0. The molecule has 0 heterocycles. The molecule has 0 amide bonds. The van der Waals surface area contributed by atoms with Crippen LogP contribution in [-0.2, 0) is 25.9 Å². The van der Waals surface area contributed by atoms with E-state index in [1.165, 1.54) is 0 Å². The third-order valence-corrected chi connectivity index (χ3v) is 0.744. The zero-order valence-corrected chi connectivity index (χ0v) is 7.82. The molecular formula is C5H10O2W. The first-order valence-corrected chi connectivity index (χ1v) is 2.49. The van der Waals surface area contributed by atoms with Crippen LogP contribution in [0.25, 0.3) is 0 Å². The van der Waals surface area contributed by atoms with Gasteiger partial charge in [0.25, 0.3) is 0 Å². The van der Waals surface area contributed by atoms with Crippen molar-refractivity contribution in [1.29, 1.82) is 0 Å². The van der Waals surface area contributed by atoms with E-state index in [-0.39, 0.29) is 21.1 Å². The first-order chi connectivity index (χ1) is 3.27. The van der Waals surface area contributed by atoms with Crippen LogP contribution in [0.1, 0.15) is 26.2 Å². The van der Waals surface area contributed by atoms with Crippen LogP contribution in [0.4, 0.5) is 0 Å². The minimum Gasteiger partial charge on any atom is -0.481 e. The van der Waals surface area contributed by atoms with E-state index in [1.54, 1.807) is 0 Å². The van der Waals surface area contributed by atoms with Gasteiger partial charge >= 0.3 is 5.97 Å². The summed E-state index contributed by atoms with van der Waals surface area (Å²) in [5, 5.41) is 8.04. The quantitative estimate of drug-likeness (QED) is 0.848. The summed E-state index contributed by atoms with van der Waals surface area (Å²) in [5.41, 5.74) is 0. The van der Waals surface area contributed by atoms with E-state index < -0.39 is 5.97 Å². The molecule has 1 N–H and O–H groups in total. The first-order valence-electron chi connectivity index (χ1n) is 2.49. The molecule has 0 aliphatic heterocycles. The Balaban J connectivity index is 0. The molecule has 0 spiro atoms. The molecule has 0 atom stereocenters. The molecule has 0 fully saturated rings. The second kappa shape index (κ2) is 7.16. The number of hydrogen-bond acceptors (Lipinski definition) is 1. The van der Waals surface area contributed by atoms with Gasteiger partial charge in [0.1, 0.15) is 0 Å². The Morgan fingerprint density at radius 3 is 2.25 bits per heavy atom. The molecule has 3 heteroatoms. The Kier molecular flexibility index (Phi) is 9.86. The Morgan fingerprint density at radius 1 is 1.62 bits per heavy atom. The number of carboxylic acid groups (broad SMARTS) is 1. The molecule has 0 saturated carbocycles. The molecule has 0 aromatic rings. The predicted octanol–water partition coefficient (Wildman–Crippen LogP) is 1.26. The van der Waals surface area contributed by atoms with Crippen LogP contribution in [-0.4, -0.2) is 11.1 Å². The Labute approximate surface area is 63.5 Å². The summed E-state index contributed by atoms with van der Waals surface area (Å²) in [6.45, 7) is 1.98. The van der Waals surface area contributed by atoms with Crippen LogP contribution >= 0.6 is 0 Å². The summed E-state index contributed by atoms with van der Waals surface area (Å²) < 4.78 is 0. The van der Waals surface area contributed by atoms with Gasteiger partial charge in [-0.2, -0.15) is 0 Å². The Hall–Kier alpha value is 0.158. The molecule has 0 rings (SSSR count). The first kappa shape index (κ1) is 11.0. The van der Waals surface area contributed by atoms with Crippen molar-refractivity contribution in [3.05, 3.63) is 0 Å². The van der Waals surface area contributed by atoms with Gasteiger partial charge in [-0.25, -0.2) is 0 Å². The van der Waals surface area contributed by atoms with Crippen molar-refractivity contribution in [2.75, 3.05) is 0 Å². The number of unbranched alkanes of at least 4 members (excludes halogenated alkanes) is 1. The smallest absolute Gasteiger partial charge is 0.303 e. The molecule has 8 heavy (non-hydrogen) atoms. The third kappa shape index (κ3) is 9.48. The fourth-order valence-electron chi connectivity index (χ4n) is 0.328. The SMILES string of the molecule is CCCCC(=O)O.[W]. The molecule has 0 aromatic carbocycles. The van der Waals surface area contributed by atoms with Crippen LogP contribution < -0.4 is 0 Å². The Bertz CT molecular complexity index is 63.4. The normalized spacial score (nSPS) is 7.62. The average molecular weight is 286 g/mol. The van der Waals surface area contributed by atoms with Crippen molar-refractivity contribution in [3.8, 4) is 0 Å². The summed E-state index contributed by atoms with van der Waals surface area (Å²) in [7, 11) is 0. The molecule has 0 aromatic heterocycles. The van der Waals surface area contributed by atoms with E-state index in [0.717, 1.165) is 12.8 Å². The van der Waals surface area contributed by atoms with Gasteiger partial charge in [-0.05, 0) is 6.42 Å². The van der Waals surface area contributed by atoms with Gasteiger partial charge in [0.2, 0.25) is 0 Å². The van der Waals surface area contributed by atoms with Crippen molar-refractivity contribution in [3.63, 3.8) is 0 Å². The maximum Gasteiger partial charge on any atom is 0.303 e. The van der Waals surface area contributed by atoms with Gasteiger partial charge < -0.3 is 5.11 Å². The largest absolute Gasteiger partial charge is 0.481 e. The topological polar surface area (TPSA) is 37.3 Å². The van der Waals surface area contributed by atoms with Crippen LogP contribution in [0, 0.1) is 0 Å². The van der Waals surface area contributed by atoms with Gasteiger partial charge in [0.05, 0.1) is 0 Å². The van der Waals surface area contributed by atoms with E-state index in [9.17, 15) is 4.79 Å². The number of carbonyl (C=O) groups is 1. The van der Waals surface area contributed by atoms with E-state index in [2.05, 4.69) is 0 Å². The van der Waals surface area contributed by atoms with Crippen LogP contribution in [0.15, 0.2) is 0 Å². The molecule has 48 valence electrons.